The molecule has 2 aliphatic rings. The van der Waals surface area contributed by atoms with E-state index in [1.165, 1.54) is 0 Å². The number of hydrogen-bond donors (Lipinski definition) is 1. The zero-order valence-electron chi connectivity index (χ0n) is 31.1. The largest absolute Gasteiger partial charge is 0.460 e. The fourth-order valence-corrected chi connectivity index (χ4v) is 7.07. The number of aromatic nitrogens is 2. The van der Waals surface area contributed by atoms with Gasteiger partial charge in [0.1, 0.15) is 17.9 Å². The van der Waals surface area contributed by atoms with Gasteiger partial charge in [0.05, 0.1) is 24.2 Å². The number of Topliss-reactive ketones (excluding diaryl/α,β-unsaturated/α-hetero) is 1. The third-order valence-electron chi connectivity index (χ3n) is 9.53. The number of carbonyl (C=O) groups excluding carboxylic acids is 4. The van der Waals surface area contributed by atoms with E-state index in [1.54, 1.807) is 30.4 Å². The Hall–Kier alpha value is -5.52. The second-order valence-corrected chi connectivity index (χ2v) is 15.2. The molecular weight excluding hydrogens is 672 g/mol. The molecule has 2 saturated heterocycles. The number of ether oxygens (including phenoxy) is 2. The molecule has 4 aromatic rings. The number of pyridine rings is 2. The lowest BCUT2D eigenvalue weighted by atomic mass is 9.87. The highest BCUT2D eigenvalue weighted by atomic mass is 16.6. The SMILES string of the molecule is C[C@@H]1C[C@H](CC(=O)OC(C)(C)C)CN(c2ccncc2CC(=O)c2nc3cc(N4CCN(C)C(=O)C4)ccc3cc2NC(=O)OCc2ccccc2)C1. The van der Waals surface area contributed by atoms with E-state index in [1.807, 2.05) is 80.3 Å². The monoisotopic (exact) mass is 720 g/mol. The molecular formula is C41H48N6O6. The highest BCUT2D eigenvalue weighted by Gasteiger charge is 2.30. The van der Waals surface area contributed by atoms with Crippen LogP contribution >= 0.6 is 0 Å². The van der Waals surface area contributed by atoms with Crippen molar-refractivity contribution in [3.05, 3.63) is 89.9 Å². The van der Waals surface area contributed by atoms with Crippen LogP contribution in [0.15, 0.2) is 73.1 Å². The zero-order chi connectivity index (χ0) is 37.7. The van der Waals surface area contributed by atoms with Crippen LogP contribution in [0.25, 0.3) is 10.9 Å². The van der Waals surface area contributed by atoms with E-state index in [0.29, 0.717) is 48.4 Å². The van der Waals surface area contributed by atoms with Crippen molar-refractivity contribution in [3.8, 4) is 0 Å². The Morgan fingerprint density at radius 1 is 0.981 bits per heavy atom. The fourth-order valence-electron chi connectivity index (χ4n) is 7.07. The third kappa shape index (κ3) is 9.68. The maximum Gasteiger partial charge on any atom is 0.412 e. The third-order valence-corrected chi connectivity index (χ3v) is 9.53. The number of fused-ring (bicyclic) bond motifs is 1. The number of carbonyl (C=O) groups is 4. The molecule has 0 saturated carbocycles. The summed E-state index contributed by atoms with van der Waals surface area (Å²) in [5.74, 6) is -0.0865. The van der Waals surface area contributed by atoms with Gasteiger partial charge in [-0.15, -0.1) is 0 Å². The van der Waals surface area contributed by atoms with E-state index in [2.05, 4.69) is 22.1 Å². The second kappa shape index (κ2) is 16.0. The molecule has 2 aromatic heterocycles. The average Bonchev–Trinajstić information content (AvgIpc) is 3.11. The molecule has 0 radical (unpaired) electrons. The number of nitrogens with zero attached hydrogens (tertiary/aromatic N) is 5. The first-order valence-electron chi connectivity index (χ1n) is 18.2. The number of benzene rings is 2. The summed E-state index contributed by atoms with van der Waals surface area (Å²) in [5.41, 5.74) is 3.56. The molecule has 2 atom stereocenters. The normalized spacial score (nSPS) is 17.8. The number of ketones is 1. The van der Waals surface area contributed by atoms with Crippen LogP contribution in [0.3, 0.4) is 0 Å². The summed E-state index contributed by atoms with van der Waals surface area (Å²) in [6.45, 7) is 10.8. The number of likely N-dealkylation sites (N-methyl/N-ethyl adjacent to an activating group) is 1. The van der Waals surface area contributed by atoms with Gasteiger partial charge in [0, 0.05) is 74.4 Å². The van der Waals surface area contributed by atoms with Gasteiger partial charge in [0.2, 0.25) is 5.91 Å². The molecule has 1 N–H and O–H groups in total. The Balaban J connectivity index is 1.27. The second-order valence-electron chi connectivity index (χ2n) is 15.2. The lowest BCUT2D eigenvalue weighted by molar-refractivity contribution is -0.156. The highest BCUT2D eigenvalue weighted by Crippen LogP contribution is 2.33. The van der Waals surface area contributed by atoms with Gasteiger partial charge in [-0.2, -0.15) is 0 Å². The minimum Gasteiger partial charge on any atom is -0.460 e. The first-order chi connectivity index (χ1) is 25.3. The van der Waals surface area contributed by atoms with E-state index < -0.39 is 11.7 Å². The van der Waals surface area contributed by atoms with E-state index >= 15 is 0 Å². The van der Waals surface area contributed by atoms with Crippen molar-refractivity contribution in [2.24, 2.45) is 11.8 Å². The molecule has 2 aliphatic heterocycles. The molecule has 12 heteroatoms. The summed E-state index contributed by atoms with van der Waals surface area (Å²) in [4.78, 5) is 67.7. The molecule has 0 spiro atoms. The molecule has 0 unspecified atom stereocenters. The van der Waals surface area contributed by atoms with Crippen LogP contribution in [0, 0.1) is 11.8 Å². The molecule has 6 rings (SSSR count). The molecule has 12 nitrogen and oxygen atoms in total. The number of piperazine rings is 1. The number of amides is 2. The predicted molar refractivity (Wildman–Crippen MR) is 204 cm³/mol. The quantitative estimate of drug-likeness (QED) is 0.148. The molecule has 2 aromatic carbocycles. The fraction of sp³-hybridized carbons (Fsp3) is 0.415. The van der Waals surface area contributed by atoms with Crippen LogP contribution in [0.4, 0.5) is 21.9 Å². The van der Waals surface area contributed by atoms with Crippen molar-refractivity contribution >= 4 is 51.7 Å². The van der Waals surface area contributed by atoms with E-state index in [0.717, 1.165) is 29.9 Å². The summed E-state index contributed by atoms with van der Waals surface area (Å²) in [7, 11) is 1.79. The molecule has 2 fully saturated rings. The number of hydrogen-bond acceptors (Lipinski definition) is 10. The van der Waals surface area contributed by atoms with Gasteiger partial charge >= 0.3 is 12.1 Å². The first-order valence-corrected chi connectivity index (χ1v) is 18.2. The van der Waals surface area contributed by atoms with Gasteiger partial charge in [-0.1, -0.05) is 43.3 Å². The summed E-state index contributed by atoms with van der Waals surface area (Å²) in [6.07, 6.45) is 3.88. The van der Waals surface area contributed by atoms with Gasteiger partial charge in [-0.25, -0.2) is 9.78 Å². The predicted octanol–water partition coefficient (Wildman–Crippen LogP) is 6.28. The number of anilines is 3. The summed E-state index contributed by atoms with van der Waals surface area (Å²) in [6, 6.07) is 18.6. The summed E-state index contributed by atoms with van der Waals surface area (Å²) in [5, 5.41) is 3.49. The Morgan fingerprint density at radius 2 is 1.77 bits per heavy atom. The number of nitrogens with one attached hydrogen (secondary N) is 1. The van der Waals surface area contributed by atoms with Crippen molar-refractivity contribution in [2.75, 3.05) is 54.9 Å². The van der Waals surface area contributed by atoms with Crippen molar-refractivity contribution in [1.29, 1.82) is 0 Å². The van der Waals surface area contributed by atoms with Gasteiger partial charge in [0.25, 0.3) is 0 Å². The Labute approximate surface area is 310 Å². The standard InChI is InChI=1S/C41H48N6O6/c1-27-17-29(18-38(50)53-41(2,3)4)24-47(23-27)35-13-14-42-22-31(35)20-36(48)39-34(44-40(51)52-26-28-9-7-6-8-10-28)19-30-11-12-32(21-33(30)43-39)46-16-15-45(5)37(49)25-46/h6-14,19,21-22,27,29H,15-18,20,23-26H2,1-5H3,(H,44,51)/t27-,29-/m1/s1. The van der Waals surface area contributed by atoms with Gasteiger partial charge in [0.15, 0.2) is 5.78 Å². The van der Waals surface area contributed by atoms with Gasteiger partial charge in [-0.05, 0) is 68.9 Å². The topological polar surface area (TPSA) is 134 Å². The van der Waals surface area contributed by atoms with E-state index in [4.69, 9.17) is 14.5 Å². The van der Waals surface area contributed by atoms with Crippen molar-refractivity contribution in [1.82, 2.24) is 14.9 Å². The Kier molecular flexibility index (Phi) is 11.3. The van der Waals surface area contributed by atoms with E-state index in [9.17, 15) is 19.2 Å². The van der Waals surface area contributed by atoms with Crippen LogP contribution < -0.4 is 15.1 Å². The Bertz CT molecular complexity index is 1980. The lowest BCUT2D eigenvalue weighted by Crippen LogP contribution is -2.48. The molecule has 278 valence electrons. The van der Waals surface area contributed by atoms with Crippen molar-refractivity contribution < 1.29 is 28.7 Å². The zero-order valence-corrected chi connectivity index (χ0v) is 31.1. The summed E-state index contributed by atoms with van der Waals surface area (Å²) < 4.78 is 11.1. The Morgan fingerprint density at radius 3 is 2.53 bits per heavy atom. The van der Waals surface area contributed by atoms with Crippen LogP contribution in [0.2, 0.25) is 0 Å². The maximum atomic E-state index is 14.3. The van der Waals surface area contributed by atoms with Crippen LogP contribution in [-0.4, -0.2) is 84.0 Å². The minimum atomic E-state index is -0.711. The van der Waals surface area contributed by atoms with Gasteiger partial charge in [-0.3, -0.25) is 24.7 Å². The van der Waals surface area contributed by atoms with Gasteiger partial charge < -0.3 is 24.2 Å². The van der Waals surface area contributed by atoms with Crippen molar-refractivity contribution in [2.45, 2.75) is 59.2 Å². The lowest BCUT2D eigenvalue weighted by Gasteiger charge is -2.38. The molecule has 2 amide bonds. The average molecular weight is 721 g/mol. The maximum absolute atomic E-state index is 14.3. The highest BCUT2D eigenvalue weighted by molar-refractivity contribution is 6.06. The molecule has 53 heavy (non-hydrogen) atoms. The molecule has 4 heterocycles. The molecule has 0 aliphatic carbocycles. The van der Waals surface area contributed by atoms with Crippen molar-refractivity contribution in [3.63, 3.8) is 0 Å². The van der Waals surface area contributed by atoms with Crippen LogP contribution in [0.1, 0.15) is 62.2 Å². The molecule has 0 bridgehead atoms. The number of piperidine rings is 1. The summed E-state index contributed by atoms with van der Waals surface area (Å²) >= 11 is 0. The van der Waals surface area contributed by atoms with E-state index in [-0.39, 0.29) is 54.5 Å². The van der Waals surface area contributed by atoms with Crippen LogP contribution in [-0.2, 0) is 32.1 Å². The number of esters is 1. The minimum absolute atomic E-state index is 0.0241. The number of rotatable bonds is 10. The smallest absolute Gasteiger partial charge is 0.412 e. The first kappa shape index (κ1) is 37.2. The van der Waals surface area contributed by atoms with Crippen LogP contribution in [0.5, 0.6) is 0 Å².